The molecule has 3 N–H and O–H groups in total. The fourth-order valence-corrected chi connectivity index (χ4v) is 0.933. The van der Waals surface area contributed by atoms with E-state index in [4.69, 9.17) is 10.5 Å². The van der Waals surface area contributed by atoms with Crippen molar-refractivity contribution in [3.63, 3.8) is 0 Å². The predicted octanol–water partition coefficient (Wildman–Crippen LogP) is 3.58. The number of carbonyl (C=O) groups is 2. The lowest BCUT2D eigenvalue weighted by molar-refractivity contribution is -0.117. The van der Waals surface area contributed by atoms with E-state index < -0.39 is 12.0 Å². The molecule has 5 heteroatoms. The van der Waals surface area contributed by atoms with E-state index in [2.05, 4.69) is 26.1 Å². The molecule has 0 aliphatic carbocycles. The Hall–Kier alpha value is -2.04. The lowest BCUT2D eigenvalue weighted by Crippen LogP contribution is -2.33. The summed E-state index contributed by atoms with van der Waals surface area (Å²) in [5.74, 6) is 0.228. The standard InChI is InChI=1S/C10H12N2O3.C4H10.C2H6.2H2/c11-9(13)6-12-10(14)15-7-8-4-2-1-3-5-8;1-4(2)3;1-2;;/h1-5H,6-7H2,(H2,11,13)(H,12,14);4H,1-3H3;1-2H3;2*1H. The average molecular weight is 300 g/mol. The maximum atomic E-state index is 11.0. The number of carbonyl (C=O) groups excluding carboxylic acids is 2. The first-order valence-corrected chi connectivity index (χ1v) is 7.14. The van der Waals surface area contributed by atoms with Crippen molar-refractivity contribution in [3.8, 4) is 0 Å². The Balaban J connectivity index is -0.000000198. The van der Waals surface area contributed by atoms with Gasteiger partial charge < -0.3 is 15.8 Å². The van der Waals surface area contributed by atoms with Crippen LogP contribution in [0.4, 0.5) is 4.79 Å². The minimum Gasteiger partial charge on any atom is -0.445 e. The van der Waals surface area contributed by atoms with E-state index in [9.17, 15) is 9.59 Å². The normalized spacial score (nSPS) is 8.67. The van der Waals surface area contributed by atoms with Gasteiger partial charge in [0.15, 0.2) is 0 Å². The van der Waals surface area contributed by atoms with Gasteiger partial charge in [-0.2, -0.15) is 0 Å². The highest BCUT2D eigenvalue weighted by atomic mass is 16.5. The first-order valence-electron chi connectivity index (χ1n) is 7.14. The summed E-state index contributed by atoms with van der Waals surface area (Å²) in [6.07, 6.45) is -0.655. The molecule has 21 heavy (non-hydrogen) atoms. The molecule has 0 radical (unpaired) electrons. The zero-order chi connectivity index (χ0) is 16.7. The average Bonchev–Trinajstić information content (AvgIpc) is 2.45. The highest BCUT2D eigenvalue weighted by molar-refractivity contribution is 5.80. The van der Waals surface area contributed by atoms with Crippen LogP contribution in [0.15, 0.2) is 30.3 Å². The second-order valence-corrected chi connectivity index (χ2v) is 4.61. The molecule has 0 unspecified atom stereocenters. The number of hydrogen-bond acceptors (Lipinski definition) is 3. The number of ether oxygens (including phenoxy) is 1. The summed E-state index contributed by atoms with van der Waals surface area (Å²) in [4.78, 5) is 21.3. The molecule has 124 valence electrons. The molecule has 0 fully saturated rings. The third-order valence-corrected chi connectivity index (χ3v) is 1.62. The number of hydrogen-bond donors (Lipinski definition) is 2. The summed E-state index contributed by atoms with van der Waals surface area (Å²) >= 11 is 0. The molecule has 0 aliphatic rings. The van der Waals surface area contributed by atoms with Gasteiger partial charge in [0.1, 0.15) is 6.61 Å². The number of benzene rings is 1. The summed E-state index contributed by atoms with van der Waals surface area (Å²) in [7, 11) is 0. The predicted molar refractivity (Wildman–Crippen MR) is 89.9 cm³/mol. The Morgan fingerprint density at radius 1 is 1.19 bits per heavy atom. The van der Waals surface area contributed by atoms with Gasteiger partial charge in [-0.3, -0.25) is 4.79 Å². The van der Waals surface area contributed by atoms with E-state index in [0.29, 0.717) is 0 Å². The van der Waals surface area contributed by atoms with Crippen LogP contribution in [-0.4, -0.2) is 18.5 Å². The Labute approximate surface area is 130 Å². The molecule has 0 bridgehead atoms. The van der Waals surface area contributed by atoms with Crippen molar-refractivity contribution in [3.05, 3.63) is 35.9 Å². The number of alkyl carbamates (subject to hydrolysis) is 1. The van der Waals surface area contributed by atoms with E-state index in [0.717, 1.165) is 11.5 Å². The monoisotopic (exact) mass is 300 g/mol. The largest absolute Gasteiger partial charge is 0.445 e. The molecule has 0 spiro atoms. The van der Waals surface area contributed by atoms with E-state index in [-0.39, 0.29) is 16.0 Å². The van der Waals surface area contributed by atoms with Crippen molar-refractivity contribution in [2.24, 2.45) is 11.7 Å². The van der Waals surface area contributed by atoms with Gasteiger partial charge in [0, 0.05) is 2.85 Å². The Morgan fingerprint density at radius 2 is 1.67 bits per heavy atom. The van der Waals surface area contributed by atoms with Crippen molar-refractivity contribution in [1.82, 2.24) is 5.32 Å². The fourth-order valence-electron chi connectivity index (χ4n) is 0.933. The minimum atomic E-state index is -0.655. The number of amides is 2. The van der Waals surface area contributed by atoms with Crippen LogP contribution in [-0.2, 0) is 16.1 Å². The van der Waals surface area contributed by atoms with Crippen LogP contribution < -0.4 is 11.1 Å². The maximum absolute atomic E-state index is 11.0. The molecule has 0 aliphatic heterocycles. The Kier molecular flexibility index (Phi) is 14.5. The van der Waals surface area contributed by atoms with Crippen LogP contribution in [0.2, 0.25) is 0 Å². The van der Waals surface area contributed by atoms with Crippen LogP contribution in [0.1, 0.15) is 43.0 Å². The minimum absolute atomic E-state index is 0. The highest BCUT2D eigenvalue weighted by Gasteiger charge is 2.03. The lowest BCUT2D eigenvalue weighted by atomic mass is 10.2. The topological polar surface area (TPSA) is 81.4 Å². The van der Waals surface area contributed by atoms with Crippen LogP contribution in [0.25, 0.3) is 0 Å². The molecular formula is C16H32N2O3. The number of rotatable bonds is 4. The van der Waals surface area contributed by atoms with Crippen molar-refractivity contribution in [2.75, 3.05) is 6.54 Å². The molecule has 1 rings (SSSR count). The zero-order valence-electron chi connectivity index (χ0n) is 13.7. The lowest BCUT2D eigenvalue weighted by Gasteiger charge is -2.05. The molecule has 1 aromatic rings. The van der Waals surface area contributed by atoms with Gasteiger partial charge in [-0.05, 0) is 11.5 Å². The van der Waals surface area contributed by atoms with E-state index in [1.807, 2.05) is 44.2 Å². The third-order valence-electron chi connectivity index (χ3n) is 1.62. The molecule has 0 aromatic heterocycles. The second-order valence-electron chi connectivity index (χ2n) is 4.61. The quantitative estimate of drug-likeness (QED) is 0.891. The molecule has 1 aromatic carbocycles. The smallest absolute Gasteiger partial charge is 0.407 e. The zero-order valence-corrected chi connectivity index (χ0v) is 13.7. The number of nitrogens with one attached hydrogen (secondary N) is 1. The summed E-state index contributed by atoms with van der Waals surface area (Å²) in [5.41, 5.74) is 5.72. The van der Waals surface area contributed by atoms with Gasteiger partial charge >= 0.3 is 6.09 Å². The number of primary amides is 1. The molecule has 0 atom stereocenters. The fraction of sp³-hybridized carbons (Fsp3) is 0.500. The van der Waals surface area contributed by atoms with Crippen LogP contribution in [0.5, 0.6) is 0 Å². The van der Waals surface area contributed by atoms with Crippen molar-refractivity contribution in [1.29, 1.82) is 0 Å². The third kappa shape index (κ3) is 18.0. The van der Waals surface area contributed by atoms with Gasteiger partial charge in [0.25, 0.3) is 0 Å². The van der Waals surface area contributed by atoms with Gasteiger partial charge in [-0.1, -0.05) is 65.0 Å². The molecule has 2 amide bonds. The molecule has 0 saturated heterocycles. The molecule has 0 heterocycles. The maximum Gasteiger partial charge on any atom is 0.407 e. The van der Waals surface area contributed by atoms with E-state index >= 15 is 0 Å². The first-order chi connectivity index (χ1) is 9.91. The van der Waals surface area contributed by atoms with Crippen molar-refractivity contribution < 1.29 is 17.2 Å². The van der Waals surface area contributed by atoms with Crippen LogP contribution >= 0.6 is 0 Å². The van der Waals surface area contributed by atoms with Gasteiger partial charge in [0.05, 0.1) is 6.54 Å². The Morgan fingerprint density at radius 3 is 2.10 bits per heavy atom. The van der Waals surface area contributed by atoms with E-state index in [1.165, 1.54) is 0 Å². The molecular weight excluding hydrogens is 268 g/mol. The molecule has 5 nitrogen and oxygen atoms in total. The van der Waals surface area contributed by atoms with Crippen LogP contribution in [0, 0.1) is 5.92 Å². The van der Waals surface area contributed by atoms with Gasteiger partial charge in [-0.15, -0.1) is 0 Å². The first kappa shape index (κ1) is 21.3. The summed E-state index contributed by atoms with van der Waals surface area (Å²) < 4.78 is 4.82. The van der Waals surface area contributed by atoms with Gasteiger partial charge in [-0.25, -0.2) is 4.79 Å². The van der Waals surface area contributed by atoms with Crippen LogP contribution in [0.3, 0.4) is 0 Å². The number of nitrogens with two attached hydrogens (primary N) is 1. The summed E-state index contributed by atoms with van der Waals surface area (Å²) in [6.45, 7) is 10.5. The van der Waals surface area contributed by atoms with Crippen molar-refractivity contribution >= 4 is 12.0 Å². The van der Waals surface area contributed by atoms with E-state index in [1.54, 1.807) is 0 Å². The highest BCUT2D eigenvalue weighted by Crippen LogP contribution is 2.00. The molecule has 0 saturated carbocycles. The summed E-state index contributed by atoms with van der Waals surface area (Å²) in [5, 5.41) is 2.22. The van der Waals surface area contributed by atoms with Gasteiger partial charge in [0.2, 0.25) is 5.91 Å². The SMILES string of the molecule is CC.CC(C)C.NC(=O)CNC(=O)OCc1ccccc1.[HH].[HH]. The van der Waals surface area contributed by atoms with Crippen molar-refractivity contribution in [2.45, 2.75) is 41.2 Å². The Bertz CT molecular complexity index is 385. The summed E-state index contributed by atoms with van der Waals surface area (Å²) in [6, 6.07) is 9.24. The second kappa shape index (κ2) is 14.4.